The summed E-state index contributed by atoms with van der Waals surface area (Å²) in [5.74, 6) is -7.15. The Balaban J connectivity index is 0.00000320. The zero-order chi connectivity index (χ0) is 26.3. The number of amides is 1. The number of aliphatic hydroxyl groups excluding tert-OH is 2. The summed E-state index contributed by atoms with van der Waals surface area (Å²) in [5.41, 5.74) is 9.15. The largest absolute Gasteiger partial charge is 0.508 e. The number of furan rings is 1. The molecule has 1 fully saturated rings. The molecule has 1 aromatic carbocycles. The maximum Gasteiger partial charge on any atom is 0.255 e. The highest BCUT2D eigenvalue weighted by molar-refractivity contribution is 6.24. The summed E-state index contributed by atoms with van der Waals surface area (Å²) in [4.78, 5) is 40.5. The molecule has 3 aliphatic carbocycles. The fourth-order valence-corrected chi connectivity index (χ4v) is 6.01. The number of hydrogen-bond acceptors (Lipinski definition) is 10. The minimum atomic E-state index is -2.69. The molecule has 37 heavy (non-hydrogen) atoms. The van der Waals surface area contributed by atoms with Gasteiger partial charge in [-0.3, -0.25) is 19.3 Å². The Kier molecular flexibility index (Phi) is 5.97. The molecule has 0 aliphatic heterocycles. The Morgan fingerprint density at radius 1 is 1.22 bits per heavy atom. The van der Waals surface area contributed by atoms with E-state index in [0.29, 0.717) is 16.7 Å². The topological polar surface area (TPSA) is 201 Å². The van der Waals surface area contributed by atoms with Gasteiger partial charge in [0.1, 0.15) is 22.8 Å². The van der Waals surface area contributed by atoms with Crippen LogP contribution < -0.4 is 11.5 Å². The lowest BCUT2D eigenvalue weighted by Crippen LogP contribution is -2.65. The fourth-order valence-electron chi connectivity index (χ4n) is 6.01. The first-order valence-electron chi connectivity index (χ1n) is 11.2. The second-order valence-corrected chi connectivity index (χ2v) is 9.69. The van der Waals surface area contributed by atoms with Crippen molar-refractivity contribution < 1.29 is 39.2 Å². The van der Waals surface area contributed by atoms with Crippen molar-refractivity contribution in [1.29, 1.82) is 0 Å². The smallest absolute Gasteiger partial charge is 0.255 e. The van der Waals surface area contributed by atoms with E-state index in [1.54, 1.807) is 26.2 Å². The van der Waals surface area contributed by atoms with Gasteiger partial charge in [0.15, 0.2) is 11.4 Å². The zero-order valence-electron chi connectivity index (χ0n) is 19.5. The van der Waals surface area contributed by atoms with Crippen molar-refractivity contribution in [2.45, 2.75) is 31.9 Å². The number of phenols is 1. The van der Waals surface area contributed by atoms with E-state index in [1.807, 2.05) is 0 Å². The number of primary amides is 1. The van der Waals surface area contributed by atoms with E-state index in [1.165, 1.54) is 17.4 Å². The molecule has 1 aromatic heterocycles. The molecule has 1 heterocycles. The molecule has 196 valence electrons. The molecule has 5 rings (SSSR count). The molecule has 0 spiro atoms. The summed E-state index contributed by atoms with van der Waals surface area (Å²) in [7, 11) is 3.09. The number of nitrogens with zero attached hydrogens (tertiary/aromatic N) is 1. The molecule has 1 amide bonds. The van der Waals surface area contributed by atoms with E-state index in [-0.39, 0.29) is 37.1 Å². The lowest BCUT2D eigenvalue weighted by molar-refractivity contribution is -0.153. The Morgan fingerprint density at radius 2 is 1.89 bits per heavy atom. The van der Waals surface area contributed by atoms with Crippen LogP contribution in [0.25, 0.3) is 16.9 Å². The number of Topliss-reactive ketones (excluding diaryl/α,β-unsaturated/α-hetero) is 2. The van der Waals surface area contributed by atoms with E-state index < -0.39 is 63.8 Å². The van der Waals surface area contributed by atoms with Gasteiger partial charge in [-0.25, -0.2) is 0 Å². The summed E-state index contributed by atoms with van der Waals surface area (Å²) in [6, 6.07) is 2.08. The summed E-state index contributed by atoms with van der Waals surface area (Å²) in [5, 5.41) is 44.5. The summed E-state index contributed by atoms with van der Waals surface area (Å²) in [6.07, 6.45) is 3.09. The van der Waals surface area contributed by atoms with E-state index >= 15 is 0 Å². The van der Waals surface area contributed by atoms with Crippen molar-refractivity contribution in [3.05, 3.63) is 52.7 Å². The number of anilines is 1. The quantitative estimate of drug-likeness (QED) is 0.199. The SMILES string of the molecule is C.CN(C)[C@@H]1C(=O)C(C(N)=O)=C(O)[C@@]2(O)C(=O)C3=C(O)c4c(O)c(N)cc(-c5ccoc5)c4C[C@H]3C[C@@H]12. The van der Waals surface area contributed by atoms with Gasteiger partial charge in [-0.1, -0.05) is 7.43 Å². The first-order chi connectivity index (χ1) is 16.9. The molecule has 3 aliphatic rings. The van der Waals surface area contributed by atoms with E-state index in [0.717, 1.165) is 0 Å². The highest BCUT2D eigenvalue weighted by Gasteiger charge is 2.64. The van der Waals surface area contributed by atoms with E-state index in [9.17, 15) is 34.8 Å². The van der Waals surface area contributed by atoms with Gasteiger partial charge >= 0.3 is 0 Å². The van der Waals surface area contributed by atoms with Crippen LogP contribution in [0.1, 0.15) is 25.0 Å². The van der Waals surface area contributed by atoms with Crippen molar-refractivity contribution in [2.75, 3.05) is 19.8 Å². The first-order valence-corrected chi connectivity index (χ1v) is 11.2. The van der Waals surface area contributed by atoms with Crippen molar-refractivity contribution >= 4 is 28.9 Å². The van der Waals surface area contributed by atoms with E-state index in [2.05, 4.69) is 0 Å². The number of likely N-dealkylation sites (N-methyl/N-ethyl adjacent to an activating group) is 1. The van der Waals surface area contributed by atoms with Crippen LogP contribution in [0.2, 0.25) is 0 Å². The Bertz CT molecular complexity index is 1410. The van der Waals surface area contributed by atoms with Crippen LogP contribution in [0.5, 0.6) is 5.75 Å². The number of fused-ring (bicyclic) bond motifs is 3. The van der Waals surface area contributed by atoms with Crippen LogP contribution in [0.3, 0.4) is 0 Å². The number of carbonyl (C=O) groups is 3. The van der Waals surface area contributed by atoms with Gasteiger partial charge in [-0.2, -0.15) is 0 Å². The lowest BCUT2D eigenvalue weighted by Gasteiger charge is -2.50. The van der Waals surface area contributed by atoms with Crippen molar-refractivity contribution in [2.24, 2.45) is 17.6 Å². The standard InChI is InChI=1S/C25H25N3O8.CH4/c1-28(2)18-13-6-10-5-12-11(9-3-4-36-8-9)7-14(26)19(29)16(12)20(30)15(10)22(32)25(13,35)23(33)17(21(18)31)24(27)34;/h3-4,7-8,10,13,18,29-30,33,35H,5-6,26H2,1-2H3,(H2,27,34);1H4/t10-,13-,18-,25-;/m0./s1. The van der Waals surface area contributed by atoms with Crippen LogP contribution >= 0.6 is 0 Å². The fraction of sp³-hybridized carbons (Fsp3) is 0.346. The summed E-state index contributed by atoms with van der Waals surface area (Å²) >= 11 is 0. The van der Waals surface area contributed by atoms with Crippen LogP contribution in [0, 0.1) is 11.8 Å². The van der Waals surface area contributed by atoms with E-state index in [4.69, 9.17) is 15.9 Å². The summed E-state index contributed by atoms with van der Waals surface area (Å²) in [6.45, 7) is 0. The predicted octanol–water partition coefficient (Wildman–Crippen LogP) is 1.44. The minimum absolute atomic E-state index is 0. The van der Waals surface area contributed by atoms with Crippen LogP contribution in [-0.2, 0) is 20.8 Å². The monoisotopic (exact) mass is 511 g/mol. The first kappa shape index (κ1) is 26.0. The number of hydrogen-bond donors (Lipinski definition) is 6. The molecule has 0 radical (unpaired) electrons. The van der Waals surface area contributed by atoms with Crippen molar-refractivity contribution in [3.8, 4) is 16.9 Å². The zero-order valence-corrected chi connectivity index (χ0v) is 19.5. The molecular formula is C26H29N3O8. The number of carbonyl (C=O) groups excluding carboxylic acids is 3. The predicted molar refractivity (Wildman–Crippen MR) is 133 cm³/mol. The third-order valence-electron chi connectivity index (χ3n) is 7.58. The average molecular weight is 512 g/mol. The molecule has 11 nitrogen and oxygen atoms in total. The van der Waals surface area contributed by atoms with Gasteiger partial charge in [-0.15, -0.1) is 0 Å². The number of phenolic OH excluding ortho intramolecular Hbond substituents is 1. The highest BCUT2D eigenvalue weighted by Crippen LogP contribution is 2.54. The molecule has 4 atom stereocenters. The second kappa shape index (κ2) is 8.49. The van der Waals surface area contributed by atoms with Crippen LogP contribution in [0.4, 0.5) is 5.69 Å². The Morgan fingerprint density at radius 3 is 2.46 bits per heavy atom. The lowest BCUT2D eigenvalue weighted by atomic mass is 9.57. The van der Waals surface area contributed by atoms with Crippen LogP contribution in [-0.4, -0.2) is 68.5 Å². The number of rotatable bonds is 3. The molecule has 0 saturated heterocycles. The molecule has 8 N–H and O–H groups in total. The Hall–Kier alpha value is -4.09. The summed E-state index contributed by atoms with van der Waals surface area (Å²) < 4.78 is 5.18. The van der Waals surface area contributed by atoms with Crippen molar-refractivity contribution in [3.63, 3.8) is 0 Å². The number of benzene rings is 1. The van der Waals surface area contributed by atoms with Crippen LogP contribution in [0.15, 0.2) is 46.0 Å². The third-order valence-corrected chi connectivity index (χ3v) is 7.58. The number of ketones is 2. The molecule has 0 unspecified atom stereocenters. The average Bonchev–Trinajstić information content (AvgIpc) is 3.33. The maximum atomic E-state index is 13.8. The third kappa shape index (κ3) is 3.31. The number of aromatic hydroxyl groups is 1. The molecule has 11 heteroatoms. The normalized spacial score (nSPS) is 27.0. The van der Waals surface area contributed by atoms with Gasteiger partial charge in [0, 0.05) is 17.1 Å². The molecule has 0 bridgehead atoms. The maximum absolute atomic E-state index is 13.8. The molecule has 1 saturated carbocycles. The van der Waals surface area contributed by atoms with Gasteiger partial charge < -0.3 is 36.3 Å². The number of aliphatic hydroxyl groups is 3. The van der Waals surface area contributed by atoms with Gasteiger partial charge in [0.25, 0.3) is 5.91 Å². The number of nitrogen functional groups attached to an aromatic ring is 1. The van der Waals surface area contributed by atoms with Gasteiger partial charge in [0.2, 0.25) is 5.78 Å². The second-order valence-electron chi connectivity index (χ2n) is 9.69. The van der Waals surface area contributed by atoms with Gasteiger partial charge in [0.05, 0.1) is 29.8 Å². The Labute approximate surface area is 212 Å². The molecule has 2 aromatic rings. The minimum Gasteiger partial charge on any atom is -0.508 e. The van der Waals surface area contributed by atoms with Crippen molar-refractivity contribution in [1.82, 2.24) is 4.90 Å². The highest BCUT2D eigenvalue weighted by atomic mass is 16.3. The number of nitrogens with two attached hydrogens (primary N) is 2. The molecular weight excluding hydrogens is 482 g/mol. The van der Waals surface area contributed by atoms with Gasteiger partial charge in [-0.05, 0) is 56.1 Å².